The average Bonchev–Trinajstić information content (AvgIpc) is 2.45. The molecule has 0 saturated heterocycles. The number of carbonyl (C=O) groups excluding carboxylic acids is 1. The van der Waals surface area contributed by atoms with E-state index in [1.54, 1.807) is 6.92 Å². The standard InChI is InChI=1S/C15H21BrO3/c1-3-5-11-15(16,14(18)19-4-2)13(17)12-9-7-6-8-10-12/h6-10,13,17H,3-5,11H2,1-2H3. The highest BCUT2D eigenvalue weighted by atomic mass is 79.9. The largest absolute Gasteiger partial charge is 0.465 e. The van der Waals surface area contributed by atoms with Crippen LogP contribution in [0.15, 0.2) is 30.3 Å². The maximum atomic E-state index is 12.2. The predicted molar refractivity (Wildman–Crippen MR) is 79.2 cm³/mol. The highest BCUT2D eigenvalue weighted by molar-refractivity contribution is 9.10. The molecule has 2 atom stereocenters. The molecule has 0 fully saturated rings. The molecule has 1 aromatic carbocycles. The molecule has 1 aromatic rings. The van der Waals surface area contributed by atoms with Gasteiger partial charge in [0.1, 0.15) is 6.10 Å². The highest BCUT2D eigenvalue weighted by Gasteiger charge is 2.44. The Morgan fingerprint density at radius 1 is 1.37 bits per heavy atom. The van der Waals surface area contributed by atoms with Crippen molar-refractivity contribution < 1.29 is 14.6 Å². The van der Waals surface area contributed by atoms with E-state index in [1.807, 2.05) is 37.3 Å². The first-order valence-corrected chi connectivity index (χ1v) is 7.44. The molecular weight excluding hydrogens is 308 g/mol. The first-order valence-electron chi connectivity index (χ1n) is 6.65. The Kier molecular flexibility index (Phi) is 6.52. The van der Waals surface area contributed by atoms with Gasteiger partial charge in [0.2, 0.25) is 0 Å². The van der Waals surface area contributed by atoms with Crippen molar-refractivity contribution in [3.8, 4) is 0 Å². The minimum atomic E-state index is -1.07. The van der Waals surface area contributed by atoms with Gasteiger partial charge in [-0.1, -0.05) is 66.0 Å². The van der Waals surface area contributed by atoms with Gasteiger partial charge in [-0.05, 0) is 18.9 Å². The van der Waals surface area contributed by atoms with E-state index < -0.39 is 16.4 Å². The van der Waals surface area contributed by atoms with Gasteiger partial charge in [-0.25, -0.2) is 0 Å². The molecule has 0 radical (unpaired) electrons. The summed E-state index contributed by atoms with van der Waals surface area (Å²) in [5.41, 5.74) is 0.712. The smallest absolute Gasteiger partial charge is 0.325 e. The Hall–Kier alpha value is -0.870. The maximum Gasteiger partial charge on any atom is 0.325 e. The minimum Gasteiger partial charge on any atom is -0.465 e. The topological polar surface area (TPSA) is 46.5 Å². The number of unbranched alkanes of at least 4 members (excludes halogenated alkanes) is 1. The summed E-state index contributed by atoms with van der Waals surface area (Å²) < 4.78 is 4.03. The van der Waals surface area contributed by atoms with Crippen molar-refractivity contribution >= 4 is 21.9 Å². The van der Waals surface area contributed by atoms with Crippen molar-refractivity contribution in [3.05, 3.63) is 35.9 Å². The number of alkyl halides is 1. The Morgan fingerprint density at radius 2 is 2.00 bits per heavy atom. The van der Waals surface area contributed by atoms with Crippen LogP contribution in [-0.2, 0) is 9.53 Å². The van der Waals surface area contributed by atoms with E-state index in [0.29, 0.717) is 18.6 Å². The number of hydrogen-bond acceptors (Lipinski definition) is 3. The van der Waals surface area contributed by atoms with E-state index >= 15 is 0 Å². The number of carbonyl (C=O) groups is 1. The lowest BCUT2D eigenvalue weighted by molar-refractivity contribution is -0.149. The van der Waals surface area contributed by atoms with E-state index in [9.17, 15) is 9.90 Å². The second-order valence-corrected chi connectivity index (χ2v) is 5.91. The quantitative estimate of drug-likeness (QED) is 0.614. The van der Waals surface area contributed by atoms with Crippen molar-refractivity contribution in [3.63, 3.8) is 0 Å². The molecule has 0 heterocycles. The SMILES string of the molecule is CCCCC(Br)(C(=O)OCC)C(O)c1ccccc1. The summed E-state index contributed by atoms with van der Waals surface area (Å²) in [6.07, 6.45) is 1.42. The van der Waals surface area contributed by atoms with Crippen LogP contribution in [0.3, 0.4) is 0 Å². The summed E-state index contributed by atoms with van der Waals surface area (Å²) in [5, 5.41) is 10.5. The lowest BCUT2D eigenvalue weighted by atomic mass is 9.91. The Morgan fingerprint density at radius 3 is 2.53 bits per heavy atom. The van der Waals surface area contributed by atoms with Crippen LogP contribution in [0.4, 0.5) is 0 Å². The number of rotatable bonds is 7. The van der Waals surface area contributed by atoms with Crippen LogP contribution in [0.1, 0.15) is 44.8 Å². The molecule has 106 valence electrons. The summed E-state index contributed by atoms with van der Waals surface area (Å²) in [4.78, 5) is 12.2. The zero-order chi connectivity index (χ0) is 14.3. The first kappa shape index (κ1) is 16.2. The minimum absolute atomic E-state index is 0.305. The Labute approximate surface area is 123 Å². The zero-order valence-corrected chi connectivity index (χ0v) is 13.0. The number of esters is 1. The third kappa shape index (κ3) is 4.05. The molecule has 4 heteroatoms. The molecule has 0 bridgehead atoms. The van der Waals surface area contributed by atoms with Gasteiger partial charge in [0, 0.05) is 0 Å². The van der Waals surface area contributed by atoms with Crippen molar-refractivity contribution in [1.82, 2.24) is 0 Å². The highest BCUT2D eigenvalue weighted by Crippen LogP contribution is 2.39. The van der Waals surface area contributed by atoms with Gasteiger partial charge in [-0.2, -0.15) is 0 Å². The molecular formula is C15H21BrO3. The monoisotopic (exact) mass is 328 g/mol. The lowest BCUT2D eigenvalue weighted by Gasteiger charge is -2.30. The van der Waals surface area contributed by atoms with Gasteiger partial charge in [-0.15, -0.1) is 0 Å². The van der Waals surface area contributed by atoms with E-state index in [0.717, 1.165) is 12.8 Å². The van der Waals surface area contributed by atoms with Gasteiger partial charge >= 0.3 is 5.97 Å². The first-order chi connectivity index (χ1) is 9.06. The number of aliphatic hydroxyl groups excluding tert-OH is 1. The van der Waals surface area contributed by atoms with Gasteiger partial charge < -0.3 is 9.84 Å². The van der Waals surface area contributed by atoms with Gasteiger partial charge in [-0.3, -0.25) is 4.79 Å². The average molecular weight is 329 g/mol. The van der Waals surface area contributed by atoms with Crippen LogP contribution in [-0.4, -0.2) is 22.0 Å². The van der Waals surface area contributed by atoms with Gasteiger partial charge in [0.05, 0.1) is 6.61 Å². The third-order valence-electron chi connectivity index (χ3n) is 3.06. The summed E-state index contributed by atoms with van der Waals surface area (Å²) >= 11 is 3.43. The molecule has 3 nitrogen and oxygen atoms in total. The fourth-order valence-corrected chi connectivity index (χ4v) is 2.59. The molecule has 0 aliphatic rings. The Bertz CT molecular complexity index is 394. The molecule has 0 spiro atoms. The van der Waals surface area contributed by atoms with Crippen LogP contribution in [0.2, 0.25) is 0 Å². The van der Waals surface area contributed by atoms with Crippen LogP contribution >= 0.6 is 15.9 Å². The van der Waals surface area contributed by atoms with Crippen LogP contribution in [0, 0.1) is 0 Å². The van der Waals surface area contributed by atoms with Crippen molar-refractivity contribution in [2.45, 2.75) is 43.5 Å². The molecule has 0 saturated carbocycles. The van der Waals surface area contributed by atoms with Crippen molar-refractivity contribution in [2.24, 2.45) is 0 Å². The summed E-state index contributed by atoms with van der Waals surface area (Å²) in [6, 6.07) is 9.19. The number of aliphatic hydroxyl groups is 1. The number of benzene rings is 1. The second kappa shape index (κ2) is 7.65. The zero-order valence-electron chi connectivity index (χ0n) is 11.4. The van der Waals surface area contributed by atoms with Crippen LogP contribution in [0.25, 0.3) is 0 Å². The third-order valence-corrected chi connectivity index (χ3v) is 4.21. The fraction of sp³-hybridized carbons (Fsp3) is 0.533. The van der Waals surface area contributed by atoms with Crippen LogP contribution < -0.4 is 0 Å². The summed E-state index contributed by atoms with van der Waals surface area (Å²) in [7, 11) is 0. The molecule has 0 aromatic heterocycles. The number of hydrogen-bond donors (Lipinski definition) is 1. The predicted octanol–water partition coefficient (Wildman–Crippen LogP) is 3.61. The molecule has 1 rings (SSSR count). The van der Waals surface area contributed by atoms with E-state index in [1.165, 1.54) is 0 Å². The normalized spacial score (nSPS) is 15.6. The summed E-state index contributed by atoms with van der Waals surface area (Å²) in [5.74, 6) is -0.403. The molecule has 2 unspecified atom stereocenters. The number of ether oxygens (including phenoxy) is 1. The van der Waals surface area contributed by atoms with Gasteiger partial charge in [0.15, 0.2) is 4.32 Å². The van der Waals surface area contributed by atoms with E-state index in [4.69, 9.17) is 4.74 Å². The molecule has 0 aliphatic heterocycles. The second-order valence-electron chi connectivity index (χ2n) is 4.50. The van der Waals surface area contributed by atoms with E-state index in [2.05, 4.69) is 15.9 Å². The molecule has 1 N–H and O–H groups in total. The van der Waals surface area contributed by atoms with Gasteiger partial charge in [0.25, 0.3) is 0 Å². The van der Waals surface area contributed by atoms with Crippen molar-refractivity contribution in [2.75, 3.05) is 6.61 Å². The lowest BCUT2D eigenvalue weighted by Crippen LogP contribution is -2.40. The molecule has 0 aliphatic carbocycles. The van der Waals surface area contributed by atoms with Crippen LogP contribution in [0.5, 0.6) is 0 Å². The fourth-order valence-electron chi connectivity index (χ4n) is 1.94. The summed E-state index contributed by atoms with van der Waals surface area (Å²) in [6.45, 7) is 4.12. The molecule has 0 amide bonds. The molecule has 19 heavy (non-hydrogen) atoms. The maximum absolute atomic E-state index is 12.2. The number of halogens is 1. The van der Waals surface area contributed by atoms with Crippen molar-refractivity contribution in [1.29, 1.82) is 0 Å². The Balaban J connectivity index is 2.98. The van der Waals surface area contributed by atoms with E-state index in [-0.39, 0.29) is 0 Å².